The van der Waals surface area contributed by atoms with Crippen LogP contribution in [0.2, 0.25) is 5.02 Å². The average molecular weight is 443 g/mol. The predicted molar refractivity (Wildman–Crippen MR) is 106 cm³/mol. The summed E-state index contributed by atoms with van der Waals surface area (Å²) < 4.78 is 27.0. The van der Waals surface area contributed by atoms with Gasteiger partial charge in [0.2, 0.25) is 15.9 Å². The van der Waals surface area contributed by atoms with Crippen LogP contribution in [0.5, 0.6) is 0 Å². The van der Waals surface area contributed by atoms with Crippen LogP contribution in [-0.4, -0.2) is 56.3 Å². The minimum Gasteiger partial charge on any atom is -0.343 e. The van der Waals surface area contributed by atoms with Crippen molar-refractivity contribution in [1.29, 1.82) is 0 Å². The smallest absolute Gasteiger partial charge is 0.322 e. The highest BCUT2D eigenvalue weighted by molar-refractivity contribution is 7.89. The molecule has 2 heterocycles. The Morgan fingerprint density at radius 2 is 1.93 bits per heavy atom. The second-order valence-electron chi connectivity index (χ2n) is 7.34. The Labute approximate surface area is 174 Å². The van der Waals surface area contributed by atoms with Gasteiger partial charge in [0.05, 0.1) is 5.02 Å². The maximum Gasteiger partial charge on any atom is 0.322 e. The number of rotatable bonds is 6. The van der Waals surface area contributed by atoms with Crippen LogP contribution in [0, 0.1) is 5.92 Å². The molecule has 0 saturated carbocycles. The number of carbonyl (C=O) groups excluding carboxylic acids is 3. The lowest BCUT2D eigenvalue weighted by atomic mass is 9.79. The monoisotopic (exact) mass is 442 g/mol. The fourth-order valence-corrected chi connectivity index (χ4v) is 5.29. The van der Waals surface area contributed by atoms with E-state index in [1.165, 1.54) is 12.1 Å². The molecule has 4 amide bonds. The summed E-state index contributed by atoms with van der Waals surface area (Å²) in [5.41, 5.74) is -0.962. The molecule has 0 aromatic heterocycles. The summed E-state index contributed by atoms with van der Waals surface area (Å²) in [5.74, 6) is -0.589. The van der Waals surface area contributed by atoms with Crippen molar-refractivity contribution in [3.05, 3.63) is 29.3 Å². The lowest BCUT2D eigenvalue weighted by Gasteiger charge is -2.38. The van der Waals surface area contributed by atoms with Gasteiger partial charge in [-0.2, -0.15) is 0 Å². The zero-order valence-electron chi connectivity index (χ0n) is 15.9. The first kappa shape index (κ1) is 21.5. The van der Waals surface area contributed by atoms with E-state index in [1.54, 1.807) is 24.0 Å². The number of benzene rings is 1. The van der Waals surface area contributed by atoms with Gasteiger partial charge in [-0.05, 0) is 37.8 Å². The molecule has 29 heavy (non-hydrogen) atoms. The fourth-order valence-electron chi connectivity index (χ4n) is 3.74. The zero-order chi connectivity index (χ0) is 21.2. The number of piperidine rings is 1. The van der Waals surface area contributed by atoms with E-state index in [9.17, 15) is 22.8 Å². The van der Waals surface area contributed by atoms with Gasteiger partial charge in [0, 0.05) is 26.1 Å². The molecule has 1 atom stereocenters. The van der Waals surface area contributed by atoms with Gasteiger partial charge < -0.3 is 10.2 Å². The highest BCUT2D eigenvalue weighted by Crippen LogP contribution is 2.30. The first-order valence-electron chi connectivity index (χ1n) is 9.29. The fraction of sp³-hybridized carbons (Fsp3) is 0.500. The van der Waals surface area contributed by atoms with Crippen molar-refractivity contribution in [3.8, 4) is 0 Å². The van der Waals surface area contributed by atoms with Gasteiger partial charge in [-0.1, -0.05) is 23.7 Å². The topological polar surface area (TPSA) is 125 Å². The Kier molecular flexibility index (Phi) is 6.16. The minimum absolute atomic E-state index is 0.0167. The molecular formula is C18H23ClN4O5S. The van der Waals surface area contributed by atoms with Gasteiger partial charge in [-0.25, -0.2) is 17.9 Å². The number of nitrogens with zero attached hydrogens (tertiary/aromatic N) is 1. The number of amides is 4. The third-order valence-electron chi connectivity index (χ3n) is 5.49. The Morgan fingerprint density at radius 3 is 2.52 bits per heavy atom. The number of hydrogen-bond acceptors (Lipinski definition) is 5. The summed E-state index contributed by atoms with van der Waals surface area (Å²) in [6.07, 6.45) is 1.16. The first-order chi connectivity index (χ1) is 13.6. The molecule has 2 fully saturated rings. The molecule has 0 radical (unpaired) electrons. The van der Waals surface area contributed by atoms with Crippen LogP contribution in [-0.2, 0) is 19.6 Å². The van der Waals surface area contributed by atoms with Crippen LogP contribution in [0.4, 0.5) is 4.79 Å². The molecule has 2 aliphatic rings. The number of halogens is 1. The largest absolute Gasteiger partial charge is 0.343 e. The molecule has 2 saturated heterocycles. The number of imide groups is 1. The number of sulfonamides is 1. The highest BCUT2D eigenvalue weighted by Gasteiger charge is 2.48. The van der Waals surface area contributed by atoms with Crippen molar-refractivity contribution >= 4 is 39.5 Å². The van der Waals surface area contributed by atoms with Crippen molar-refractivity contribution in [3.63, 3.8) is 0 Å². The van der Waals surface area contributed by atoms with E-state index in [0.717, 1.165) is 0 Å². The number of urea groups is 1. The van der Waals surface area contributed by atoms with E-state index in [2.05, 4.69) is 15.4 Å². The first-order valence-corrected chi connectivity index (χ1v) is 11.1. The van der Waals surface area contributed by atoms with Crippen molar-refractivity contribution in [1.82, 2.24) is 20.3 Å². The average Bonchev–Trinajstić information content (AvgIpc) is 2.94. The molecule has 3 rings (SSSR count). The quantitative estimate of drug-likeness (QED) is 0.563. The maximum atomic E-state index is 12.4. The number of carbonyl (C=O) groups is 3. The molecular weight excluding hydrogens is 420 g/mol. The highest BCUT2D eigenvalue weighted by atomic mass is 35.5. The zero-order valence-corrected chi connectivity index (χ0v) is 17.5. The number of nitrogens with one attached hydrogen (secondary N) is 3. The van der Waals surface area contributed by atoms with Crippen molar-refractivity contribution in [2.45, 2.75) is 36.6 Å². The summed E-state index contributed by atoms with van der Waals surface area (Å²) in [7, 11) is -3.79. The predicted octanol–water partition coefficient (Wildman–Crippen LogP) is 0.845. The molecule has 9 nitrogen and oxygen atoms in total. The molecule has 11 heteroatoms. The van der Waals surface area contributed by atoms with Gasteiger partial charge in [0.15, 0.2) is 0 Å². The lowest BCUT2D eigenvalue weighted by Crippen LogP contribution is -2.54. The van der Waals surface area contributed by atoms with E-state index in [0.29, 0.717) is 25.9 Å². The third kappa shape index (κ3) is 4.54. The Morgan fingerprint density at radius 1 is 1.28 bits per heavy atom. The normalized spacial score (nSPS) is 23.0. The van der Waals surface area contributed by atoms with Crippen LogP contribution in [0.25, 0.3) is 0 Å². The molecule has 0 unspecified atom stereocenters. The van der Waals surface area contributed by atoms with E-state index in [4.69, 9.17) is 11.6 Å². The van der Waals surface area contributed by atoms with E-state index < -0.39 is 21.6 Å². The molecule has 2 aliphatic heterocycles. The van der Waals surface area contributed by atoms with E-state index in [1.807, 2.05) is 0 Å². The van der Waals surface area contributed by atoms with E-state index in [-0.39, 0.29) is 40.6 Å². The van der Waals surface area contributed by atoms with Gasteiger partial charge >= 0.3 is 6.03 Å². The molecule has 0 bridgehead atoms. The van der Waals surface area contributed by atoms with Gasteiger partial charge in [0.25, 0.3) is 5.91 Å². The van der Waals surface area contributed by atoms with Crippen LogP contribution in [0.15, 0.2) is 29.2 Å². The van der Waals surface area contributed by atoms with Crippen molar-refractivity contribution in [2.24, 2.45) is 5.92 Å². The Balaban J connectivity index is 1.49. The lowest BCUT2D eigenvalue weighted by molar-refractivity contribution is -0.133. The molecule has 0 spiro atoms. The third-order valence-corrected chi connectivity index (χ3v) is 7.45. The summed E-state index contributed by atoms with van der Waals surface area (Å²) in [5, 5.41) is 5.04. The van der Waals surface area contributed by atoms with Crippen LogP contribution in [0.3, 0.4) is 0 Å². The van der Waals surface area contributed by atoms with Crippen molar-refractivity contribution in [2.75, 3.05) is 19.6 Å². The van der Waals surface area contributed by atoms with Crippen LogP contribution < -0.4 is 15.4 Å². The second kappa shape index (κ2) is 8.29. The van der Waals surface area contributed by atoms with Crippen LogP contribution in [0.1, 0.15) is 26.2 Å². The molecule has 1 aromatic carbocycles. The van der Waals surface area contributed by atoms with Gasteiger partial charge in [-0.3, -0.25) is 14.9 Å². The van der Waals surface area contributed by atoms with Crippen LogP contribution >= 0.6 is 11.6 Å². The number of hydrogen-bond donors (Lipinski definition) is 3. The second-order valence-corrected chi connectivity index (χ2v) is 9.49. The summed E-state index contributed by atoms with van der Waals surface area (Å²) in [6.45, 7) is 2.54. The number of likely N-dealkylation sites (tertiary alicyclic amines) is 1. The Hall–Kier alpha value is -2.17. The molecule has 158 valence electrons. The maximum absolute atomic E-state index is 12.4. The SMILES string of the molecule is C[C@@]1(C2CCN(C(=O)CCNS(=O)(=O)c3ccccc3Cl)CC2)NC(=O)NC1=O. The summed E-state index contributed by atoms with van der Waals surface area (Å²) in [4.78, 5) is 37.5. The molecule has 1 aromatic rings. The standard InChI is InChI=1S/C18H23ClN4O5S/c1-18(16(25)21-17(26)22-18)12-7-10-23(11-8-12)15(24)6-9-20-29(27,28)14-5-3-2-4-13(14)19/h2-5,12,20H,6-11H2,1H3,(H2,21,22,25,26)/t18-/m0/s1. The van der Waals surface area contributed by atoms with Gasteiger partial charge in [-0.15, -0.1) is 0 Å². The summed E-state index contributed by atoms with van der Waals surface area (Å²) in [6, 6.07) is 5.59. The van der Waals surface area contributed by atoms with E-state index >= 15 is 0 Å². The summed E-state index contributed by atoms with van der Waals surface area (Å²) >= 11 is 5.92. The van der Waals surface area contributed by atoms with Gasteiger partial charge in [0.1, 0.15) is 10.4 Å². The van der Waals surface area contributed by atoms with Crippen molar-refractivity contribution < 1.29 is 22.8 Å². The molecule has 0 aliphatic carbocycles. The Bertz CT molecular complexity index is 930. The minimum atomic E-state index is -3.79. The molecule has 3 N–H and O–H groups in total.